The average Bonchev–Trinajstić information content (AvgIpc) is 2.81. The predicted octanol–water partition coefficient (Wildman–Crippen LogP) is 3.73. The van der Waals surface area contributed by atoms with Gasteiger partial charge in [-0.1, -0.05) is 29.3 Å². The van der Waals surface area contributed by atoms with Gasteiger partial charge in [-0.3, -0.25) is 4.98 Å². The number of aliphatic imine (C=N–C) groups is 1. The Morgan fingerprint density at radius 1 is 1.19 bits per heavy atom. The van der Waals surface area contributed by atoms with Crippen LogP contribution in [0.3, 0.4) is 0 Å². The van der Waals surface area contributed by atoms with Crippen LogP contribution in [0.15, 0.2) is 53.4 Å². The number of pyridine rings is 1. The highest BCUT2D eigenvalue weighted by Gasteiger charge is 2.25. The Balaban J connectivity index is 1.97. The zero-order valence-electron chi connectivity index (χ0n) is 10.6. The van der Waals surface area contributed by atoms with Crippen molar-refractivity contribution in [2.75, 3.05) is 0 Å². The van der Waals surface area contributed by atoms with Crippen LogP contribution in [0.5, 0.6) is 0 Å². The van der Waals surface area contributed by atoms with Crippen molar-refractivity contribution in [1.82, 2.24) is 4.98 Å². The maximum atomic E-state index is 11.8. The fraction of sp³-hybridized carbons (Fsp3) is 0. The first-order chi connectivity index (χ1) is 10.1. The van der Waals surface area contributed by atoms with Crippen LogP contribution in [0.2, 0.25) is 10.0 Å². The quantitative estimate of drug-likeness (QED) is 0.626. The number of hydrogen-bond donors (Lipinski definition) is 0. The SMILES string of the molecule is O=C1OC(c2ccc(Cl)cc2Cl)=NC1=Cc1cccnc1. The van der Waals surface area contributed by atoms with Crippen LogP contribution in [0.4, 0.5) is 0 Å². The summed E-state index contributed by atoms with van der Waals surface area (Å²) in [6, 6.07) is 8.47. The van der Waals surface area contributed by atoms with Crippen molar-refractivity contribution in [3.63, 3.8) is 0 Å². The zero-order valence-corrected chi connectivity index (χ0v) is 12.1. The maximum absolute atomic E-state index is 11.8. The second kappa shape index (κ2) is 5.68. The Bertz CT molecular complexity index is 770. The molecule has 6 heteroatoms. The number of benzene rings is 1. The molecule has 0 amide bonds. The minimum atomic E-state index is -0.528. The van der Waals surface area contributed by atoms with E-state index in [0.717, 1.165) is 5.56 Å². The molecule has 1 aromatic heterocycles. The van der Waals surface area contributed by atoms with Gasteiger partial charge >= 0.3 is 5.97 Å². The molecule has 1 aliphatic heterocycles. The molecule has 2 heterocycles. The van der Waals surface area contributed by atoms with Crippen LogP contribution >= 0.6 is 23.2 Å². The summed E-state index contributed by atoms with van der Waals surface area (Å²) >= 11 is 11.9. The molecule has 3 rings (SSSR count). The van der Waals surface area contributed by atoms with E-state index in [1.807, 2.05) is 6.07 Å². The van der Waals surface area contributed by atoms with Gasteiger partial charge in [-0.2, -0.15) is 0 Å². The van der Waals surface area contributed by atoms with E-state index in [1.54, 1.807) is 42.7 Å². The van der Waals surface area contributed by atoms with Gasteiger partial charge in [-0.05, 0) is 35.9 Å². The molecule has 0 atom stereocenters. The molecule has 4 nitrogen and oxygen atoms in total. The van der Waals surface area contributed by atoms with E-state index in [0.29, 0.717) is 15.6 Å². The highest BCUT2D eigenvalue weighted by molar-refractivity contribution is 6.37. The van der Waals surface area contributed by atoms with E-state index in [2.05, 4.69) is 9.98 Å². The van der Waals surface area contributed by atoms with Crippen LogP contribution in [-0.4, -0.2) is 16.9 Å². The van der Waals surface area contributed by atoms with Gasteiger partial charge in [0.2, 0.25) is 5.90 Å². The van der Waals surface area contributed by atoms with Crippen molar-refractivity contribution < 1.29 is 9.53 Å². The molecule has 0 radical (unpaired) electrons. The van der Waals surface area contributed by atoms with Gasteiger partial charge in [0.25, 0.3) is 0 Å². The van der Waals surface area contributed by atoms with Crippen LogP contribution in [-0.2, 0) is 9.53 Å². The highest BCUT2D eigenvalue weighted by Crippen LogP contribution is 2.26. The Hall–Kier alpha value is -2.17. The van der Waals surface area contributed by atoms with Gasteiger partial charge in [0.1, 0.15) is 0 Å². The molecule has 0 spiro atoms. The molecule has 21 heavy (non-hydrogen) atoms. The molecule has 0 saturated carbocycles. The van der Waals surface area contributed by atoms with Gasteiger partial charge in [-0.25, -0.2) is 9.79 Å². The molecule has 1 aromatic carbocycles. The molecular formula is C15H8Cl2N2O2. The van der Waals surface area contributed by atoms with Crippen molar-refractivity contribution >= 4 is 41.1 Å². The molecule has 1 aliphatic rings. The number of rotatable bonds is 2. The van der Waals surface area contributed by atoms with Crippen molar-refractivity contribution in [2.45, 2.75) is 0 Å². The normalized spacial score (nSPS) is 16.0. The second-order valence-corrected chi connectivity index (χ2v) is 5.09. The number of carbonyl (C=O) groups is 1. The van der Waals surface area contributed by atoms with E-state index in [1.165, 1.54) is 0 Å². The Morgan fingerprint density at radius 3 is 2.76 bits per heavy atom. The van der Waals surface area contributed by atoms with Crippen molar-refractivity contribution in [3.8, 4) is 0 Å². The number of carbonyl (C=O) groups excluding carboxylic acids is 1. The van der Waals surface area contributed by atoms with Gasteiger partial charge in [0, 0.05) is 17.4 Å². The first-order valence-electron chi connectivity index (χ1n) is 6.01. The monoisotopic (exact) mass is 318 g/mol. The summed E-state index contributed by atoms with van der Waals surface area (Å²) in [5.41, 5.74) is 1.48. The topological polar surface area (TPSA) is 51.5 Å². The molecule has 0 aliphatic carbocycles. The summed E-state index contributed by atoms with van der Waals surface area (Å²) in [7, 11) is 0. The van der Waals surface area contributed by atoms with Crippen LogP contribution < -0.4 is 0 Å². The van der Waals surface area contributed by atoms with E-state index < -0.39 is 5.97 Å². The first-order valence-corrected chi connectivity index (χ1v) is 6.77. The van der Waals surface area contributed by atoms with E-state index in [4.69, 9.17) is 27.9 Å². The van der Waals surface area contributed by atoms with Crippen LogP contribution in [0, 0.1) is 0 Å². The van der Waals surface area contributed by atoms with Gasteiger partial charge in [0.15, 0.2) is 5.70 Å². The number of halogens is 2. The van der Waals surface area contributed by atoms with Crippen molar-refractivity contribution in [1.29, 1.82) is 0 Å². The van der Waals surface area contributed by atoms with Gasteiger partial charge in [0.05, 0.1) is 10.6 Å². The largest absolute Gasteiger partial charge is 0.402 e. The Labute approximate surface area is 130 Å². The number of ether oxygens (including phenoxy) is 1. The number of cyclic esters (lactones) is 1. The lowest BCUT2D eigenvalue weighted by molar-refractivity contribution is -0.129. The van der Waals surface area contributed by atoms with Gasteiger partial charge < -0.3 is 4.74 Å². The third kappa shape index (κ3) is 2.96. The molecule has 0 N–H and O–H groups in total. The van der Waals surface area contributed by atoms with E-state index in [9.17, 15) is 4.79 Å². The summed E-state index contributed by atoms with van der Waals surface area (Å²) in [6.07, 6.45) is 4.88. The fourth-order valence-electron chi connectivity index (χ4n) is 1.81. The van der Waals surface area contributed by atoms with Crippen LogP contribution in [0.25, 0.3) is 6.08 Å². The predicted molar refractivity (Wildman–Crippen MR) is 81.3 cm³/mol. The summed E-state index contributed by atoms with van der Waals surface area (Å²) < 4.78 is 5.15. The highest BCUT2D eigenvalue weighted by atomic mass is 35.5. The Morgan fingerprint density at radius 2 is 2.05 bits per heavy atom. The number of hydrogen-bond acceptors (Lipinski definition) is 4. The lowest BCUT2D eigenvalue weighted by atomic mass is 10.2. The molecule has 0 bridgehead atoms. The fourth-order valence-corrected chi connectivity index (χ4v) is 2.30. The van der Waals surface area contributed by atoms with Crippen molar-refractivity contribution in [2.24, 2.45) is 4.99 Å². The third-order valence-electron chi connectivity index (χ3n) is 2.77. The summed E-state index contributed by atoms with van der Waals surface area (Å²) in [5.74, 6) is -0.364. The standard InChI is InChI=1S/C15H8Cl2N2O2/c16-10-3-4-11(12(17)7-10)14-19-13(15(20)21-14)6-9-2-1-5-18-8-9/h1-8H. The molecular weight excluding hydrogens is 311 g/mol. The minimum Gasteiger partial charge on any atom is -0.402 e. The lowest BCUT2D eigenvalue weighted by Gasteiger charge is -2.02. The number of aromatic nitrogens is 1. The van der Waals surface area contributed by atoms with E-state index >= 15 is 0 Å². The molecule has 2 aromatic rings. The Kier molecular flexibility index (Phi) is 3.73. The summed E-state index contributed by atoms with van der Waals surface area (Å²) in [6.45, 7) is 0. The third-order valence-corrected chi connectivity index (χ3v) is 3.32. The maximum Gasteiger partial charge on any atom is 0.363 e. The summed E-state index contributed by atoms with van der Waals surface area (Å²) in [4.78, 5) is 20.0. The van der Waals surface area contributed by atoms with Gasteiger partial charge in [-0.15, -0.1) is 0 Å². The smallest absolute Gasteiger partial charge is 0.363 e. The molecule has 0 unspecified atom stereocenters. The van der Waals surface area contributed by atoms with Crippen LogP contribution in [0.1, 0.15) is 11.1 Å². The van der Waals surface area contributed by atoms with Crippen molar-refractivity contribution in [3.05, 3.63) is 69.6 Å². The number of nitrogens with zero attached hydrogens (tertiary/aromatic N) is 2. The number of esters is 1. The first kappa shape index (κ1) is 13.8. The van der Waals surface area contributed by atoms with E-state index in [-0.39, 0.29) is 11.6 Å². The summed E-state index contributed by atoms with van der Waals surface area (Å²) in [5, 5.41) is 0.872. The molecule has 104 valence electrons. The molecule has 0 fully saturated rings. The zero-order chi connectivity index (χ0) is 14.8. The average molecular weight is 319 g/mol. The molecule has 0 saturated heterocycles. The minimum absolute atomic E-state index is 0.164. The second-order valence-electron chi connectivity index (χ2n) is 4.25. The lowest BCUT2D eigenvalue weighted by Crippen LogP contribution is -2.05.